The van der Waals surface area contributed by atoms with Crippen LogP contribution in [-0.2, 0) is 4.79 Å². The molecule has 2 rings (SSSR count). The molecule has 0 aromatic rings. The first-order chi connectivity index (χ1) is 7.69. The average Bonchev–Trinajstić information content (AvgIpc) is 2.68. The minimum atomic E-state index is -0.242. The number of hydrogen-bond acceptors (Lipinski definition) is 2. The van der Waals surface area contributed by atoms with Gasteiger partial charge in [0.05, 0.1) is 6.10 Å². The number of ketones is 1. The van der Waals surface area contributed by atoms with Crippen LogP contribution in [0.2, 0.25) is 0 Å². The van der Waals surface area contributed by atoms with Gasteiger partial charge in [-0.15, -0.1) is 13.2 Å². The molecule has 2 aliphatic rings. The molecule has 16 heavy (non-hydrogen) atoms. The second-order valence-corrected chi connectivity index (χ2v) is 5.13. The van der Waals surface area contributed by atoms with E-state index in [0.717, 1.165) is 19.3 Å². The van der Waals surface area contributed by atoms with Gasteiger partial charge < -0.3 is 5.11 Å². The molecule has 0 radical (unpaired) electrons. The maximum Gasteiger partial charge on any atom is 0.136 e. The molecule has 0 aromatic heterocycles. The van der Waals surface area contributed by atoms with Gasteiger partial charge in [-0.3, -0.25) is 4.79 Å². The number of hydrogen-bond donors (Lipinski definition) is 1. The maximum absolute atomic E-state index is 11.9. The molecule has 0 unspecified atom stereocenters. The van der Waals surface area contributed by atoms with E-state index in [1.807, 2.05) is 12.2 Å². The Morgan fingerprint density at radius 2 is 2.00 bits per heavy atom. The number of Topliss-reactive ketones (excluding diaryl/α,β-unsaturated/α-hetero) is 1. The minimum absolute atomic E-state index is 0.101. The SMILES string of the molecule is C=CC[C@@H]1[C@@H]2[C@@H](CC(=O)[C@H]2CC=C)C[C@H]1O. The molecule has 0 aromatic carbocycles. The number of rotatable bonds is 4. The number of aliphatic hydroxyl groups excluding tert-OH is 1. The van der Waals surface area contributed by atoms with Crippen molar-refractivity contribution < 1.29 is 9.90 Å². The largest absolute Gasteiger partial charge is 0.393 e. The standard InChI is InChI=1S/C14H20O2/c1-3-5-10-12(15)7-9-8-13(16)11(6-4-2)14(9)10/h3-4,9-12,14-15H,1-2,5-8H2/t9-,10+,11-,12-,14+/m1/s1. The maximum atomic E-state index is 11.9. The summed E-state index contributed by atoms with van der Waals surface area (Å²) in [6.07, 6.45) is 6.50. The third-order valence-electron chi connectivity index (χ3n) is 4.28. The van der Waals surface area contributed by atoms with Crippen LogP contribution in [0.4, 0.5) is 0 Å². The molecule has 0 bridgehead atoms. The van der Waals surface area contributed by atoms with Gasteiger partial charge in [0.15, 0.2) is 0 Å². The van der Waals surface area contributed by atoms with Crippen molar-refractivity contribution >= 4 is 5.78 Å². The molecule has 0 heterocycles. The van der Waals surface area contributed by atoms with Crippen LogP contribution >= 0.6 is 0 Å². The van der Waals surface area contributed by atoms with E-state index in [1.165, 1.54) is 0 Å². The number of allylic oxidation sites excluding steroid dienone is 2. The summed E-state index contributed by atoms with van der Waals surface area (Å²) in [5.74, 6) is 1.47. The fourth-order valence-electron chi connectivity index (χ4n) is 3.69. The molecule has 0 saturated heterocycles. The highest BCUT2D eigenvalue weighted by Crippen LogP contribution is 2.51. The molecule has 5 atom stereocenters. The highest BCUT2D eigenvalue weighted by Gasteiger charge is 2.52. The van der Waals surface area contributed by atoms with Gasteiger partial charge >= 0.3 is 0 Å². The Hall–Kier alpha value is -0.890. The van der Waals surface area contributed by atoms with Gasteiger partial charge in [-0.05, 0) is 37.0 Å². The van der Waals surface area contributed by atoms with Crippen molar-refractivity contribution in [3.05, 3.63) is 25.3 Å². The van der Waals surface area contributed by atoms with E-state index in [-0.39, 0.29) is 17.9 Å². The van der Waals surface area contributed by atoms with E-state index >= 15 is 0 Å². The van der Waals surface area contributed by atoms with Gasteiger partial charge in [-0.1, -0.05) is 12.2 Å². The molecule has 1 N–H and O–H groups in total. The van der Waals surface area contributed by atoms with E-state index in [0.29, 0.717) is 24.0 Å². The van der Waals surface area contributed by atoms with Crippen molar-refractivity contribution in [2.75, 3.05) is 0 Å². The molecular formula is C14H20O2. The Labute approximate surface area is 97.0 Å². The topological polar surface area (TPSA) is 37.3 Å². The average molecular weight is 220 g/mol. The zero-order chi connectivity index (χ0) is 11.7. The normalized spacial score (nSPS) is 42.1. The lowest BCUT2D eigenvalue weighted by atomic mass is 9.80. The Morgan fingerprint density at radius 1 is 1.31 bits per heavy atom. The quantitative estimate of drug-likeness (QED) is 0.738. The minimum Gasteiger partial charge on any atom is -0.393 e. The summed E-state index contributed by atoms with van der Waals surface area (Å²) in [5.41, 5.74) is 0. The Bertz CT molecular complexity index is 308. The first kappa shape index (κ1) is 11.6. The first-order valence-electron chi connectivity index (χ1n) is 6.11. The number of aliphatic hydroxyl groups is 1. The van der Waals surface area contributed by atoms with Gasteiger partial charge in [0.1, 0.15) is 5.78 Å². The van der Waals surface area contributed by atoms with E-state index in [1.54, 1.807) is 0 Å². The third-order valence-corrected chi connectivity index (χ3v) is 4.28. The highest BCUT2D eigenvalue weighted by atomic mass is 16.3. The number of carbonyl (C=O) groups is 1. The lowest BCUT2D eigenvalue weighted by molar-refractivity contribution is -0.121. The molecule has 0 amide bonds. The van der Waals surface area contributed by atoms with Crippen molar-refractivity contribution in [3.8, 4) is 0 Å². The monoisotopic (exact) mass is 220 g/mol. The Kier molecular flexibility index (Phi) is 3.29. The molecule has 2 aliphatic carbocycles. The highest BCUT2D eigenvalue weighted by molar-refractivity contribution is 5.84. The second-order valence-electron chi connectivity index (χ2n) is 5.13. The summed E-state index contributed by atoms with van der Waals surface area (Å²) >= 11 is 0. The molecule has 2 fully saturated rings. The predicted octanol–water partition coefficient (Wildman–Crippen LogP) is 2.34. The molecular weight excluding hydrogens is 200 g/mol. The van der Waals surface area contributed by atoms with Crippen molar-refractivity contribution in [3.63, 3.8) is 0 Å². The smallest absolute Gasteiger partial charge is 0.136 e. The molecule has 2 saturated carbocycles. The summed E-state index contributed by atoms with van der Waals surface area (Å²) in [5, 5.41) is 10.0. The van der Waals surface area contributed by atoms with Crippen LogP contribution in [0.1, 0.15) is 25.7 Å². The number of carbonyl (C=O) groups excluding carboxylic acids is 1. The fourth-order valence-corrected chi connectivity index (χ4v) is 3.69. The van der Waals surface area contributed by atoms with E-state index in [4.69, 9.17) is 0 Å². The predicted molar refractivity (Wildman–Crippen MR) is 63.8 cm³/mol. The van der Waals surface area contributed by atoms with E-state index in [9.17, 15) is 9.90 Å². The van der Waals surface area contributed by atoms with Crippen molar-refractivity contribution in [2.24, 2.45) is 23.7 Å². The lowest BCUT2D eigenvalue weighted by Crippen LogP contribution is -2.25. The van der Waals surface area contributed by atoms with Crippen molar-refractivity contribution in [1.82, 2.24) is 0 Å². The van der Waals surface area contributed by atoms with Crippen LogP contribution in [-0.4, -0.2) is 17.0 Å². The van der Waals surface area contributed by atoms with Crippen LogP contribution < -0.4 is 0 Å². The molecule has 2 heteroatoms. The van der Waals surface area contributed by atoms with Crippen LogP contribution in [0.3, 0.4) is 0 Å². The number of fused-ring (bicyclic) bond motifs is 1. The van der Waals surface area contributed by atoms with E-state index < -0.39 is 0 Å². The second kappa shape index (κ2) is 4.54. The van der Waals surface area contributed by atoms with Gasteiger partial charge in [0, 0.05) is 12.3 Å². The Morgan fingerprint density at radius 3 is 2.62 bits per heavy atom. The summed E-state index contributed by atoms with van der Waals surface area (Å²) in [7, 11) is 0. The molecule has 0 spiro atoms. The fraction of sp³-hybridized carbons (Fsp3) is 0.643. The van der Waals surface area contributed by atoms with Gasteiger partial charge in [0.2, 0.25) is 0 Å². The third kappa shape index (κ3) is 1.75. The summed E-state index contributed by atoms with van der Waals surface area (Å²) < 4.78 is 0. The summed E-state index contributed by atoms with van der Waals surface area (Å²) in [6.45, 7) is 7.47. The van der Waals surface area contributed by atoms with Crippen LogP contribution in [0.15, 0.2) is 25.3 Å². The van der Waals surface area contributed by atoms with Crippen LogP contribution in [0.5, 0.6) is 0 Å². The molecule has 88 valence electrons. The lowest BCUT2D eigenvalue weighted by Gasteiger charge is -2.24. The summed E-state index contributed by atoms with van der Waals surface area (Å²) in [6, 6.07) is 0. The zero-order valence-electron chi connectivity index (χ0n) is 9.64. The summed E-state index contributed by atoms with van der Waals surface area (Å²) in [4.78, 5) is 11.9. The molecule has 2 nitrogen and oxygen atoms in total. The van der Waals surface area contributed by atoms with Crippen LogP contribution in [0, 0.1) is 23.7 Å². The van der Waals surface area contributed by atoms with Gasteiger partial charge in [0.25, 0.3) is 0 Å². The van der Waals surface area contributed by atoms with Crippen LogP contribution in [0.25, 0.3) is 0 Å². The van der Waals surface area contributed by atoms with Crippen molar-refractivity contribution in [2.45, 2.75) is 31.8 Å². The zero-order valence-corrected chi connectivity index (χ0v) is 9.64. The van der Waals surface area contributed by atoms with Crippen molar-refractivity contribution in [1.29, 1.82) is 0 Å². The first-order valence-corrected chi connectivity index (χ1v) is 6.11. The molecule has 0 aliphatic heterocycles. The van der Waals surface area contributed by atoms with Gasteiger partial charge in [-0.25, -0.2) is 0 Å². The van der Waals surface area contributed by atoms with Gasteiger partial charge in [-0.2, -0.15) is 0 Å². The Balaban J connectivity index is 2.19. The van der Waals surface area contributed by atoms with E-state index in [2.05, 4.69) is 13.2 Å².